The average Bonchev–Trinajstić information content (AvgIpc) is 3.47. The molecule has 154 valence electrons. The van der Waals surface area contributed by atoms with Gasteiger partial charge in [0.15, 0.2) is 0 Å². The second kappa shape index (κ2) is 7.26. The number of carbonyl (C=O) groups excluding carboxylic acids is 1. The molecule has 2 bridgehead atoms. The molecular weight excluding hydrogens is 364 g/mol. The summed E-state index contributed by atoms with van der Waals surface area (Å²) in [4.78, 5) is 15.1. The Morgan fingerprint density at radius 2 is 2.17 bits per heavy atom. The smallest absolute Gasteiger partial charge is 0.254 e. The number of hydrogen-bond donors (Lipinski definition) is 1. The first-order chi connectivity index (χ1) is 14.1. The van der Waals surface area contributed by atoms with Crippen molar-refractivity contribution in [3.63, 3.8) is 0 Å². The first kappa shape index (κ1) is 18.8. The summed E-state index contributed by atoms with van der Waals surface area (Å²) in [5, 5.41) is 7.36. The molecule has 0 aliphatic carbocycles. The molecule has 0 radical (unpaired) electrons. The number of rotatable bonds is 6. The van der Waals surface area contributed by atoms with Crippen LogP contribution in [0, 0.1) is 18.8 Å². The standard InChI is InChI=1S/C23H30N4O2/c1-3-27-13-18(10-25-27)22(28)24-11-19-20-14-26(12-17-6-4-16(2)5-7-17)15-23(20)9-8-21(19)29-23/h4-7,10,13,19-21H,3,8-9,11-12,14-15H2,1-2H3,(H,24,28)/t19-,20+,21+,23+/m0/s1. The average molecular weight is 395 g/mol. The summed E-state index contributed by atoms with van der Waals surface area (Å²) in [5.41, 5.74) is 3.29. The fourth-order valence-electron chi connectivity index (χ4n) is 5.60. The first-order valence-electron chi connectivity index (χ1n) is 10.8. The lowest BCUT2D eigenvalue weighted by atomic mass is 9.73. The van der Waals surface area contributed by atoms with Gasteiger partial charge in [-0.1, -0.05) is 29.8 Å². The number of fused-ring (bicyclic) bond motifs is 1. The van der Waals surface area contributed by atoms with Gasteiger partial charge in [0.2, 0.25) is 0 Å². The summed E-state index contributed by atoms with van der Waals surface area (Å²) in [6, 6.07) is 8.83. The number of nitrogens with one attached hydrogen (secondary N) is 1. The Morgan fingerprint density at radius 3 is 2.93 bits per heavy atom. The molecule has 3 fully saturated rings. The van der Waals surface area contributed by atoms with Gasteiger partial charge in [-0.15, -0.1) is 0 Å². The molecule has 1 amide bonds. The Hall–Kier alpha value is -2.18. The maximum Gasteiger partial charge on any atom is 0.254 e. The van der Waals surface area contributed by atoms with E-state index < -0.39 is 0 Å². The second-order valence-electron chi connectivity index (χ2n) is 8.98. The van der Waals surface area contributed by atoms with Crippen LogP contribution in [0.1, 0.15) is 41.3 Å². The fraction of sp³-hybridized carbons (Fsp3) is 0.565. The molecule has 1 N–H and O–H groups in total. The summed E-state index contributed by atoms with van der Waals surface area (Å²) in [6.45, 7) is 8.64. The Morgan fingerprint density at radius 1 is 1.34 bits per heavy atom. The van der Waals surface area contributed by atoms with E-state index in [1.54, 1.807) is 10.9 Å². The highest BCUT2D eigenvalue weighted by atomic mass is 16.5. The lowest BCUT2D eigenvalue weighted by Crippen LogP contribution is -2.41. The summed E-state index contributed by atoms with van der Waals surface area (Å²) in [5.74, 6) is 0.873. The summed E-state index contributed by atoms with van der Waals surface area (Å²) >= 11 is 0. The number of aryl methyl sites for hydroxylation is 2. The van der Waals surface area contributed by atoms with E-state index in [0.717, 1.165) is 39.0 Å². The minimum Gasteiger partial charge on any atom is -0.370 e. The van der Waals surface area contributed by atoms with E-state index in [1.165, 1.54) is 11.1 Å². The van der Waals surface area contributed by atoms with Crippen LogP contribution in [0.2, 0.25) is 0 Å². The van der Waals surface area contributed by atoms with E-state index in [-0.39, 0.29) is 11.5 Å². The number of ether oxygens (including phenoxy) is 1. The van der Waals surface area contributed by atoms with Crippen LogP contribution in [0.3, 0.4) is 0 Å². The molecule has 5 rings (SSSR count). The number of amides is 1. The highest BCUT2D eigenvalue weighted by Gasteiger charge is 2.62. The van der Waals surface area contributed by atoms with Crippen molar-refractivity contribution in [1.82, 2.24) is 20.0 Å². The van der Waals surface area contributed by atoms with Gasteiger partial charge >= 0.3 is 0 Å². The molecule has 0 unspecified atom stereocenters. The van der Waals surface area contributed by atoms with Crippen molar-refractivity contribution in [2.45, 2.75) is 51.5 Å². The maximum atomic E-state index is 12.5. The number of benzene rings is 1. The number of hydrogen-bond acceptors (Lipinski definition) is 4. The van der Waals surface area contributed by atoms with Gasteiger partial charge in [0.05, 0.1) is 23.5 Å². The second-order valence-corrected chi connectivity index (χ2v) is 8.98. The molecule has 1 aromatic carbocycles. The molecule has 0 saturated carbocycles. The lowest BCUT2D eigenvalue weighted by Gasteiger charge is -2.29. The molecule has 29 heavy (non-hydrogen) atoms. The van der Waals surface area contributed by atoms with Gasteiger partial charge in [0.25, 0.3) is 5.91 Å². The van der Waals surface area contributed by atoms with E-state index in [1.807, 2.05) is 13.1 Å². The summed E-state index contributed by atoms with van der Waals surface area (Å²) in [7, 11) is 0. The Bertz CT molecular complexity index is 893. The van der Waals surface area contributed by atoms with Crippen LogP contribution in [0.25, 0.3) is 0 Å². The zero-order valence-electron chi connectivity index (χ0n) is 17.3. The van der Waals surface area contributed by atoms with Crippen molar-refractivity contribution < 1.29 is 9.53 Å². The number of aromatic nitrogens is 2. The van der Waals surface area contributed by atoms with Crippen LogP contribution in [0.5, 0.6) is 0 Å². The van der Waals surface area contributed by atoms with Crippen molar-refractivity contribution in [3.8, 4) is 0 Å². The Balaban J connectivity index is 1.23. The SMILES string of the molecule is CCn1cc(C(=O)NC[C@H]2[C@H]3CN(Cc4ccc(C)cc4)C[C@]34CC[C@H]2O4)cn1. The topological polar surface area (TPSA) is 59.4 Å². The Labute approximate surface area is 172 Å². The predicted octanol–water partition coefficient (Wildman–Crippen LogP) is 2.62. The fourth-order valence-corrected chi connectivity index (χ4v) is 5.60. The third kappa shape index (κ3) is 3.38. The maximum absolute atomic E-state index is 12.5. The Kier molecular flexibility index (Phi) is 4.71. The highest BCUT2D eigenvalue weighted by molar-refractivity contribution is 5.93. The zero-order chi connectivity index (χ0) is 20.0. The normalized spacial score (nSPS) is 30.6. The largest absolute Gasteiger partial charge is 0.370 e. The monoisotopic (exact) mass is 394 g/mol. The summed E-state index contributed by atoms with van der Waals surface area (Å²) < 4.78 is 8.32. The summed E-state index contributed by atoms with van der Waals surface area (Å²) in [6.07, 6.45) is 6.02. The van der Waals surface area contributed by atoms with Crippen LogP contribution < -0.4 is 5.32 Å². The number of likely N-dealkylation sites (tertiary alicyclic amines) is 1. The predicted molar refractivity (Wildman–Crippen MR) is 111 cm³/mol. The van der Waals surface area contributed by atoms with Gasteiger partial charge in [-0.2, -0.15) is 5.10 Å². The molecule has 6 nitrogen and oxygen atoms in total. The molecular formula is C23H30N4O2. The first-order valence-corrected chi connectivity index (χ1v) is 10.8. The van der Waals surface area contributed by atoms with Gasteiger partial charge in [0, 0.05) is 50.8 Å². The molecule has 1 aromatic heterocycles. The van der Waals surface area contributed by atoms with Crippen molar-refractivity contribution in [2.24, 2.45) is 11.8 Å². The van der Waals surface area contributed by atoms with Crippen LogP contribution in [-0.4, -0.2) is 51.9 Å². The molecule has 3 saturated heterocycles. The minimum absolute atomic E-state index is 0.00213. The van der Waals surface area contributed by atoms with E-state index in [0.29, 0.717) is 30.0 Å². The van der Waals surface area contributed by atoms with E-state index in [2.05, 4.69) is 46.5 Å². The highest BCUT2D eigenvalue weighted by Crippen LogP contribution is 2.54. The number of carbonyl (C=O) groups is 1. The van der Waals surface area contributed by atoms with Gasteiger partial charge in [-0.05, 0) is 32.3 Å². The van der Waals surface area contributed by atoms with Crippen molar-refractivity contribution in [2.75, 3.05) is 19.6 Å². The molecule has 3 aliphatic heterocycles. The zero-order valence-corrected chi connectivity index (χ0v) is 17.3. The number of nitrogens with zero attached hydrogens (tertiary/aromatic N) is 3. The van der Waals surface area contributed by atoms with E-state index in [9.17, 15) is 4.79 Å². The molecule has 2 aromatic rings. The molecule has 4 atom stereocenters. The van der Waals surface area contributed by atoms with Crippen LogP contribution in [0.4, 0.5) is 0 Å². The lowest BCUT2D eigenvalue weighted by molar-refractivity contribution is 0.00212. The van der Waals surface area contributed by atoms with Crippen LogP contribution >= 0.6 is 0 Å². The molecule has 6 heteroatoms. The van der Waals surface area contributed by atoms with Gasteiger partial charge < -0.3 is 10.1 Å². The molecule has 1 spiro atoms. The van der Waals surface area contributed by atoms with Crippen molar-refractivity contribution >= 4 is 5.91 Å². The van der Waals surface area contributed by atoms with E-state index >= 15 is 0 Å². The van der Waals surface area contributed by atoms with Crippen LogP contribution in [0.15, 0.2) is 36.7 Å². The van der Waals surface area contributed by atoms with Crippen molar-refractivity contribution in [3.05, 3.63) is 53.3 Å². The minimum atomic E-state index is -0.0315. The van der Waals surface area contributed by atoms with Crippen molar-refractivity contribution in [1.29, 1.82) is 0 Å². The quantitative estimate of drug-likeness (QED) is 0.818. The van der Waals surface area contributed by atoms with Crippen LogP contribution in [-0.2, 0) is 17.8 Å². The van der Waals surface area contributed by atoms with Gasteiger partial charge in [0.1, 0.15) is 0 Å². The third-order valence-electron chi connectivity index (χ3n) is 7.10. The third-order valence-corrected chi connectivity index (χ3v) is 7.10. The molecule has 3 aliphatic rings. The van der Waals surface area contributed by atoms with Gasteiger partial charge in [-0.3, -0.25) is 14.4 Å². The van der Waals surface area contributed by atoms with Gasteiger partial charge in [-0.25, -0.2) is 0 Å². The van der Waals surface area contributed by atoms with E-state index in [4.69, 9.17) is 4.74 Å². The molecule has 4 heterocycles.